The van der Waals surface area contributed by atoms with E-state index in [0.717, 1.165) is 37.7 Å². The van der Waals surface area contributed by atoms with Crippen molar-refractivity contribution in [3.63, 3.8) is 0 Å². The van der Waals surface area contributed by atoms with E-state index in [4.69, 9.17) is 4.74 Å². The second kappa shape index (κ2) is 10.9. The van der Waals surface area contributed by atoms with E-state index < -0.39 is 40.8 Å². The Labute approximate surface area is 216 Å². The Kier molecular flexibility index (Phi) is 7.99. The van der Waals surface area contributed by atoms with E-state index in [1.54, 1.807) is 12.3 Å². The molecule has 2 N–H and O–H groups in total. The van der Waals surface area contributed by atoms with Crippen LogP contribution >= 0.6 is 0 Å². The fraction of sp³-hybridized carbons (Fsp3) is 0.464. The zero-order chi connectivity index (χ0) is 27.7. The van der Waals surface area contributed by atoms with Crippen molar-refractivity contribution < 1.29 is 35.9 Å². The molecule has 1 aromatic heterocycles. The summed E-state index contributed by atoms with van der Waals surface area (Å²) < 4.78 is 89.6. The smallest absolute Gasteiger partial charge is 0.420 e. The molecule has 1 atom stereocenters. The highest BCUT2D eigenvalue weighted by Gasteiger charge is 2.43. The molecule has 0 bridgehead atoms. The number of nitrogens with one attached hydrogen (secondary N) is 2. The van der Waals surface area contributed by atoms with Crippen molar-refractivity contribution in [2.75, 3.05) is 5.32 Å². The highest BCUT2D eigenvalue weighted by atomic mass is 19.4. The molecule has 4 nitrogen and oxygen atoms in total. The molecule has 1 aliphatic rings. The van der Waals surface area contributed by atoms with Crippen LogP contribution in [0.4, 0.5) is 32.0 Å². The number of carbonyl (C=O) groups is 1. The van der Waals surface area contributed by atoms with Crippen LogP contribution in [0.5, 0.6) is 11.5 Å². The molecule has 1 unspecified atom stereocenters. The largest absolute Gasteiger partial charge is 0.456 e. The number of carbonyl (C=O) groups excluding carboxylic acids is 1. The number of aromatic amines is 1. The quantitative estimate of drug-likeness (QED) is 0.280. The minimum absolute atomic E-state index is 0.0286. The summed E-state index contributed by atoms with van der Waals surface area (Å²) in [7, 11) is 0. The summed E-state index contributed by atoms with van der Waals surface area (Å²) in [4.78, 5) is 15.4. The van der Waals surface area contributed by atoms with Gasteiger partial charge in [-0.1, -0.05) is 39.5 Å². The van der Waals surface area contributed by atoms with Gasteiger partial charge in [-0.3, -0.25) is 4.79 Å². The Morgan fingerprint density at radius 2 is 1.68 bits per heavy atom. The van der Waals surface area contributed by atoms with E-state index in [0.29, 0.717) is 35.4 Å². The number of anilines is 1. The molecule has 0 saturated heterocycles. The standard InChI is InChI=1S/C28H30F6N2O2/c1-3-16(2)21-15-35-24-10-9-19(14-20(21)24)38-26-22(27(29,30)31)12-18(13-23(26)28(32,33)34)36-25(37)11-8-17-6-4-5-7-17/h9-10,12-17,35H,3-8,11H2,1-2H3,(H,36,37). The molecule has 206 valence electrons. The number of H-pyrrole nitrogens is 1. The van der Waals surface area contributed by atoms with E-state index >= 15 is 0 Å². The number of hydrogen-bond acceptors (Lipinski definition) is 2. The Hall–Kier alpha value is -3.17. The molecule has 1 amide bonds. The van der Waals surface area contributed by atoms with Gasteiger partial charge in [0.1, 0.15) is 16.9 Å². The second-order valence-electron chi connectivity index (χ2n) is 10.00. The molecule has 1 aliphatic carbocycles. The molecule has 3 aromatic rings. The number of hydrogen-bond donors (Lipinski definition) is 2. The number of aromatic nitrogens is 1. The first-order valence-corrected chi connectivity index (χ1v) is 12.8. The lowest BCUT2D eigenvalue weighted by molar-refractivity contribution is -0.145. The number of alkyl halides is 6. The monoisotopic (exact) mass is 540 g/mol. The Morgan fingerprint density at radius 3 is 2.26 bits per heavy atom. The number of fused-ring (bicyclic) bond motifs is 1. The van der Waals surface area contributed by atoms with Crippen molar-refractivity contribution in [3.05, 3.63) is 53.2 Å². The van der Waals surface area contributed by atoms with Crippen molar-refractivity contribution in [3.8, 4) is 11.5 Å². The summed E-state index contributed by atoms with van der Waals surface area (Å²) in [6, 6.07) is 5.30. The summed E-state index contributed by atoms with van der Waals surface area (Å²) >= 11 is 0. The van der Waals surface area contributed by atoms with Crippen LogP contribution in [0.25, 0.3) is 10.9 Å². The fourth-order valence-electron chi connectivity index (χ4n) is 5.02. The molecular formula is C28H30F6N2O2. The summed E-state index contributed by atoms with van der Waals surface area (Å²) in [6.07, 6.45) is -3.11. The van der Waals surface area contributed by atoms with Crippen LogP contribution in [0.2, 0.25) is 0 Å². The van der Waals surface area contributed by atoms with Gasteiger partial charge in [0.2, 0.25) is 5.91 Å². The van der Waals surface area contributed by atoms with Crippen LogP contribution in [-0.2, 0) is 17.1 Å². The van der Waals surface area contributed by atoms with Gasteiger partial charge in [-0.25, -0.2) is 0 Å². The summed E-state index contributed by atoms with van der Waals surface area (Å²) in [5.41, 5.74) is -2.23. The number of halogens is 6. The highest BCUT2D eigenvalue weighted by Crippen LogP contribution is 2.48. The van der Waals surface area contributed by atoms with Gasteiger partial charge in [0.25, 0.3) is 0 Å². The van der Waals surface area contributed by atoms with E-state index in [9.17, 15) is 31.1 Å². The van der Waals surface area contributed by atoms with E-state index in [1.807, 2.05) is 13.8 Å². The van der Waals surface area contributed by atoms with Gasteiger partial charge in [0.05, 0.1) is 0 Å². The van der Waals surface area contributed by atoms with Crippen LogP contribution in [0.1, 0.15) is 81.4 Å². The van der Waals surface area contributed by atoms with E-state index in [-0.39, 0.29) is 18.1 Å². The molecule has 1 saturated carbocycles. The van der Waals surface area contributed by atoms with Crippen LogP contribution in [0.15, 0.2) is 36.5 Å². The van der Waals surface area contributed by atoms with Crippen molar-refractivity contribution in [1.82, 2.24) is 4.98 Å². The molecular weight excluding hydrogens is 510 g/mol. The predicted molar refractivity (Wildman–Crippen MR) is 133 cm³/mol. The maximum Gasteiger partial charge on any atom is 0.420 e. The predicted octanol–water partition coefficient (Wildman–Crippen LogP) is 9.42. The zero-order valence-corrected chi connectivity index (χ0v) is 21.2. The van der Waals surface area contributed by atoms with Crippen LogP contribution in [0.3, 0.4) is 0 Å². The van der Waals surface area contributed by atoms with Gasteiger partial charge in [-0.05, 0) is 60.6 Å². The van der Waals surface area contributed by atoms with Crippen molar-refractivity contribution in [1.29, 1.82) is 0 Å². The zero-order valence-electron chi connectivity index (χ0n) is 21.2. The lowest BCUT2D eigenvalue weighted by atomic mass is 9.98. The number of amides is 1. The van der Waals surface area contributed by atoms with Crippen molar-refractivity contribution in [2.24, 2.45) is 5.92 Å². The molecule has 1 fully saturated rings. The number of rotatable bonds is 8. The lowest BCUT2D eigenvalue weighted by Crippen LogP contribution is -2.18. The topological polar surface area (TPSA) is 54.1 Å². The first-order valence-electron chi connectivity index (χ1n) is 12.8. The van der Waals surface area contributed by atoms with Crippen LogP contribution in [-0.4, -0.2) is 10.9 Å². The van der Waals surface area contributed by atoms with Gasteiger partial charge in [-0.2, -0.15) is 26.3 Å². The molecule has 0 aliphatic heterocycles. The van der Waals surface area contributed by atoms with Gasteiger partial charge in [0.15, 0.2) is 5.75 Å². The lowest BCUT2D eigenvalue weighted by Gasteiger charge is -2.21. The van der Waals surface area contributed by atoms with E-state index in [1.165, 1.54) is 12.1 Å². The average Bonchev–Trinajstić information content (AvgIpc) is 3.51. The Bertz CT molecular complexity index is 1250. The fourth-order valence-corrected chi connectivity index (χ4v) is 5.02. The summed E-state index contributed by atoms with van der Waals surface area (Å²) in [5.74, 6) is -1.67. The van der Waals surface area contributed by atoms with Crippen LogP contribution < -0.4 is 10.1 Å². The average molecular weight is 541 g/mol. The number of ether oxygens (including phenoxy) is 1. The maximum absolute atomic E-state index is 14.0. The molecule has 0 radical (unpaired) electrons. The molecule has 1 heterocycles. The van der Waals surface area contributed by atoms with Gasteiger partial charge < -0.3 is 15.0 Å². The number of benzene rings is 2. The first kappa shape index (κ1) is 27.9. The summed E-state index contributed by atoms with van der Waals surface area (Å²) in [6.45, 7) is 3.95. The molecule has 38 heavy (non-hydrogen) atoms. The minimum Gasteiger partial charge on any atom is -0.456 e. The first-order chi connectivity index (χ1) is 17.9. The summed E-state index contributed by atoms with van der Waals surface area (Å²) in [5, 5.41) is 2.89. The third-order valence-electron chi connectivity index (χ3n) is 7.29. The van der Waals surface area contributed by atoms with Crippen molar-refractivity contribution >= 4 is 22.5 Å². The SMILES string of the molecule is CCC(C)c1c[nH]c2ccc(Oc3c(C(F)(F)F)cc(NC(=O)CCC4CCCC4)cc3C(F)(F)F)cc12. The molecule has 0 spiro atoms. The normalized spacial score (nSPS) is 15.7. The second-order valence-corrected chi connectivity index (χ2v) is 10.00. The molecule has 10 heteroatoms. The minimum atomic E-state index is -5.17. The Balaban J connectivity index is 1.70. The van der Waals surface area contributed by atoms with Gasteiger partial charge >= 0.3 is 12.4 Å². The maximum atomic E-state index is 14.0. The van der Waals surface area contributed by atoms with Crippen molar-refractivity contribution in [2.45, 2.75) is 77.1 Å². The van der Waals surface area contributed by atoms with Gasteiger partial charge in [0, 0.05) is 29.2 Å². The highest BCUT2D eigenvalue weighted by molar-refractivity contribution is 5.91. The van der Waals surface area contributed by atoms with E-state index in [2.05, 4.69) is 10.3 Å². The Morgan fingerprint density at radius 1 is 1.05 bits per heavy atom. The molecule has 2 aromatic carbocycles. The third-order valence-corrected chi connectivity index (χ3v) is 7.29. The molecule has 4 rings (SSSR count). The van der Waals surface area contributed by atoms with Gasteiger partial charge in [-0.15, -0.1) is 0 Å². The van der Waals surface area contributed by atoms with Crippen LogP contribution in [0, 0.1) is 5.92 Å². The third kappa shape index (κ3) is 6.27.